The van der Waals surface area contributed by atoms with E-state index in [4.69, 9.17) is 4.98 Å². The number of pyridine rings is 1. The number of nitrogens with zero attached hydrogens (tertiary/aromatic N) is 2. The fourth-order valence-corrected chi connectivity index (χ4v) is 5.08. The van der Waals surface area contributed by atoms with Gasteiger partial charge in [0.15, 0.2) is 17.2 Å². The molecule has 1 aromatic carbocycles. The van der Waals surface area contributed by atoms with Crippen LogP contribution >= 0.6 is 0 Å². The Hall–Kier alpha value is -2.60. The minimum absolute atomic E-state index is 0.0462. The molecule has 1 N–H and O–H groups in total. The van der Waals surface area contributed by atoms with Crippen LogP contribution in [0.3, 0.4) is 0 Å². The molecule has 33 heavy (non-hydrogen) atoms. The molecule has 1 fully saturated rings. The minimum Gasteiger partial charge on any atom is -0.370 e. The lowest BCUT2D eigenvalue weighted by atomic mass is 9.85. The highest BCUT2D eigenvalue weighted by molar-refractivity contribution is 5.87. The van der Waals surface area contributed by atoms with Crippen LogP contribution in [0.2, 0.25) is 0 Å². The zero-order valence-corrected chi connectivity index (χ0v) is 19.5. The Bertz CT molecular complexity index is 971. The largest absolute Gasteiger partial charge is 0.370 e. The van der Waals surface area contributed by atoms with Crippen LogP contribution in [0.25, 0.3) is 0 Å². The van der Waals surface area contributed by atoms with Gasteiger partial charge in [-0.2, -0.15) is 0 Å². The van der Waals surface area contributed by atoms with Crippen molar-refractivity contribution in [1.29, 1.82) is 0 Å². The van der Waals surface area contributed by atoms with E-state index < -0.39 is 5.67 Å². The minimum atomic E-state index is -1.78. The van der Waals surface area contributed by atoms with Gasteiger partial charge in [-0.1, -0.05) is 36.4 Å². The molecular formula is C27H34FN3O2. The molecule has 0 spiro atoms. The molecule has 0 bridgehead atoms. The molecule has 5 nitrogen and oxygen atoms in total. The first-order valence-corrected chi connectivity index (χ1v) is 12.2. The van der Waals surface area contributed by atoms with Gasteiger partial charge in [0.1, 0.15) is 5.82 Å². The normalized spacial score (nSPS) is 18.7. The van der Waals surface area contributed by atoms with Crippen molar-refractivity contribution < 1.29 is 14.0 Å². The van der Waals surface area contributed by atoms with Crippen molar-refractivity contribution in [2.75, 3.05) is 25.0 Å². The molecule has 4 rings (SSSR count). The lowest BCUT2D eigenvalue weighted by Gasteiger charge is -2.39. The van der Waals surface area contributed by atoms with Gasteiger partial charge in [-0.3, -0.25) is 14.5 Å². The van der Waals surface area contributed by atoms with Crippen LogP contribution in [0, 0.1) is 0 Å². The Labute approximate surface area is 195 Å². The molecular weight excluding hydrogens is 417 g/mol. The van der Waals surface area contributed by atoms with Gasteiger partial charge in [-0.15, -0.1) is 0 Å². The van der Waals surface area contributed by atoms with E-state index in [1.165, 1.54) is 5.56 Å². The molecule has 2 aliphatic rings. The molecule has 0 amide bonds. The molecule has 176 valence electrons. The zero-order chi connectivity index (χ0) is 23.3. The van der Waals surface area contributed by atoms with Crippen LogP contribution in [0.5, 0.6) is 0 Å². The lowest BCUT2D eigenvalue weighted by molar-refractivity contribution is -0.135. The summed E-state index contributed by atoms with van der Waals surface area (Å²) in [6.07, 6.45) is 5.06. The van der Waals surface area contributed by atoms with E-state index in [2.05, 4.69) is 17.4 Å². The topological polar surface area (TPSA) is 62.3 Å². The maximum atomic E-state index is 15.5. The van der Waals surface area contributed by atoms with Crippen molar-refractivity contribution in [1.82, 2.24) is 9.88 Å². The van der Waals surface area contributed by atoms with Crippen LogP contribution < -0.4 is 5.32 Å². The van der Waals surface area contributed by atoms with Gasteiger partial charge >= 0.3 is 0 Å². The number of ketones is 2. The SMILES string of the molecule is CC(=O)C(c1ccccc1)N1CCC(F)(C(=O)CCCCc2ccc3c(n2)NCCC3)CC1. The summed E-state index contributed by atoms with van der Waals surface area (Å²) in [4.78, 5) is 31.7. The number of nitrogens with one attached hydrogen (secondary N) is 1. The van der Waals surface area contributed by atoms with Crippen LogP contribution in [-0.2, 0) is 22.4 Å². The van der Waals surface area contributed by atoms with Crippen LogP contribution in [0.15, 0.2) is 42.5 Å². The van der Waals surface area contributed by atoms with Crippen molar-refractivity contribution in [3.05, 3.63) is 59.3 Å². The summed E-state index contributed by atoms with van der Waals surface area (Å²) < 4.78 is 15.5. The third-order valence-corrected chi connectivity index (χ3v) is 6.99. The third kappa shape index (κ3) is 5.67. The number of rotatable bonds is 9. The highest BCUT2D eigenvalue weighted by Gasteiger charge is 2.42. The van der Waals surface area contributed by atoms with E-state index in [9.17, 15) is 9.59 Å². The maximum Gasteiger partial charge on any atom is 0.171 e. The van der Waals surface area contributed by atoms with Gasteiger partial charge in [0.25, 0.3) is 0 Å². The predicted molar refractivity (Wildman–Crippen MR) is 128 cm³/mol. The van der Waals surface area contributed by atoms with E-state index in [-0.39, 0.29) is 36.9 Å². The quantitative estimate of drug-likeness (QED) is 0.552. The fraction of sp³-hybridized carbons (Fsp3) is 0.519. The highest BCUT2D eigenvalue weighted by Crippen LogP contribution is 2.34. The molecule has 6 heteroatoms. The first kappa shape index (κ1) is 23.6. The summed E-state index contributed by atoms with van der Waals surface area (Å²) in [5.41, 5.74) is 1.44. The highest BCUT2D eigenvalue weighted by atomic mass is 19.1. The fourth-order valence-electron chi connectivity index (χ4n) is 5.08. The Morgan fingerprint density at radius 3 is 2.61 bits per heavy atom. The van der Waals surface area contributed by atoms with Crippen molar-refractivity contribution in [3.8, 4) is 0 Å². The second kappa shape index (κ2) is 10.6. The molecule has 0 aliphatic carbocycles. The monoisotopic (exact) mass is 451 g/mol. The van der Waals surface area contributed by atoms with E-state index >= 15 is 4.39 Å². The number of halogens is 1. The molecule has 0 radical (unpaired) electrons. The number of unbranched alkanes of at least 4 members (excludes halogenated alkanes) is 1. The molecule has 0 saturated carbocycles. The number of piperidine rings is 1. The summed E-state index contributed by atoms with van der Waals surface area (Å²) in [5, 5.41) is 3.35. The molecule has 1 unspecified atom stereocenters. The number of aryl methyl sites for hydroxylation is 2. The van der Waals surface area contributed by atoms with Gasteiger partial charge in [0.05, 0.1) is 6.04 Å². The number of likely N-dealkylation sites (tertiary alicyclic amines) is 1. The molecule has 3 heterocycles. The first-order chi connectivity index (χ1) is 16.0. The first-order valence-electron chi connectivity index (χ1n) is 12.2. The number of aromatic nitrogens is 1. The average Bonchev–Trinajstić information content (AvgIpc) is 2.83. The summed E-state index contributed by atoms with van der Waals surface area (Å²) >= 11 is 0. The van der Waals surface area contributed by atoms with Gasteiger partial charge in [-0.25, -0.2) is 9.37 Å². The number of hydrogen-bond acceptors (Lipinski definition) is 5. The predicted octanol–water partition coefficient (Wildman–Crippen LogP) is 4.86. The van der Waals surface area contributed by atoms with Gasteiger partial charge < -0.3 is 5.32 Å². The number of alkyl halides is 1. The molecule has 2 aromatic rings. The van der Waals surface area contributed by atoms with E-state index in [0.29, 0.717) is 19.5 Å². The maximum absolute atomic E-state index is 15.5. The summed E-state index contributed by atoms with van der Waals surface area (Å²) in [7, 11) is 0. The molecule has 1 saturated heterocycles. The second-order valence-corrected chi connectivity index (χ2v) is 9.40. The van der Waals surface area contributed by atoms with Crippen molar-refractivity contribution in [2.45, 2.75) is 70.0 Å². The van der Waals surface area contributed by atoms with E-state index in [1.54, 1.807) is 6.92 Å². The molecule has 1 atom stereocenters. The smallest absolute Gasteiger partial charge is 0.171 e. The summed E-state index contributed by atoms with van der Waals surface area (Å²) in [5.74, 6) is 0.745. The Kier molecular flexibility index (Phi) is 7.53. The zero-order valence-electron chi connectivity index (χ0n) is 19.5. The van der Waals surface area contributed by atoms with Crippen LogP contribution in [0.4, 0.5) is 10.2 Å². The molecule has 2 aliphatic heterocycles. The Morgan fingerprint density at radius 1 is 1.12 bits per heavy atom. The number of fused-ring (bicyclic) bond motifs is 1. The average molecular weight is 452 g/mol. The molecule has 1 aromatic heterocycles. The number of carbonyl (C=O) groups excluding carboxylic acids is 2. The summed E-state index contributed by atoms with van der Waals surface area (Å²) in [6.45, 7) is 3.36. The lowest BCUT2D eigenvalue weighted by Crippen LogP contribution is -2.48. The van der Waals surface area contributed by atoms with E-state index in [1.807, 2.05) is 35.2 Å². The number of hydrogen-bond donors (Lipinski definition) is 1. The van der Waals surface area contributed by atoms with Crippen molar-refractivity contribution in [3.63, 3.8) is 0 Å². The van der Waals surface area contributed by atoms with Gasteiger partial charge in [0.2, 0.25) is 0 Å². The summed E-state index contributed by atoms with van der Waals surface area (Å²) in [6, 6.07) is 13.4. The van der Waals surface area contributed by atoms with Crippen LogP contribution in [-0.4, -0.2) is 46.8 Å². The number of Topliss-reactive ketones (excluding diaryl/α,β-unsaturated/α-hetero) is 2. The Balaban J connectivity index is 1.25. The second-order valence-electron chi connectivity index (χ2n) is 9.40. The number of carbonyl (C=O) groups is 2. The van der Waals surface area contributed by atoms with Crippen molar-refractivity contribution >= 4 is 17.4 Å². The van der Waals surface area contributed by atoms with Crippen LogP contribution in [0.1, 0.15) is 68.3 Å². The number of benzene rings is 1. The van der Waals surface area contributed by atoms with E-state index in [0.717, 1.165) is 49.3 Å². The third-order valence-electron chi connectivity index (χ3n) is 6.99. The number of anilines is 1. The Morgan fingerprint density at radius 2 is 1.88 bits per heavy atom. The van der Waals surface area contributed by atoms with Gasteiger partial charge in [0, 0.05) is 44.6 Å². The van der Waals surface area contributed by atoms with Gasteiger partial charge in [-0.05, 0) is 56.2 Å². The standard InChI is InChI=1S/C27H34FN3O2/c1-20(32)25(21-8-3-2-4-9-21)31-18-15-27(28,16-19-31)24(33)12-6-5-11-23-14-13-22-10-7-17-29-26(22)30-23/h2-4,8-9,13-14,25H,5-7,10-12,15-19H2,1H3,(H,29,30). The van der Waals surface area contributed by atoms with Crippen molar-refractivity contribution in [2.24, 2.45) is 0 Å².